The van der Waals surface area contributed by atoms with Crippen LogP contribution in [0.25, 0.3) is 0 Å². The number of carbonyl (C=O) groups excluding carboxylic acids is 1. The molecule has 13 heteroatoms. The van der Waals surface area contributed by atoms with Gasteiger partial charge in [-0.2, -0.15) is 4.99 Å². The zero-order valence-corrected chi connectivity index (χ0v) is 22.3. The number of nitrogens with zero attached hydrogens (tertiary/aromatic N) is 1. The Morgan fingerprint density at radius 1 is 1.07 bits per heavy atom. The Bertz CT molecular complexity index is 1480. The molecule has 0 aromatic heterocycles. The lowest BCUT2D eigenvalue weighted by molar-refractivity contribution is -0.352. The minimum atomic E-state index is -5.12. The molecule has 0 bridgehead atoms. The summed E-state index contributed by atoms with van der Waals surface area (Å²) in [5.41, 5.74) is 1.25. The largest absolute Gasteiger partial charge is 0.573 e. The highest BCUT2D eigenvalue weighted by molar-refractivity contribution is 6.47. The van der Waals surface area contributed by atoms with E-state index in [0.717, 1.165) is 12.1 Å². The van der Waals surface area contributed by atoms with Crippen molar-refractivity contribution in [3.63, 3.8) is 0 Å². The van der Waals surface area contributed by atoms with Gasteiger partial charge in [-0.15, -0.1) is 13.2 Å². The van der Waals surface area contributed by atoms with Crippen LogP contribution in [0.15, 0.2) is 54.6 Å². The molecule has 0 fully saturated rings. The number of carbonyl (C=O) groups is 2. The summed E-state index contributed by atoms with van der Waals surface area (Å²) >= 11 is 6.04. The van der Waals surface area contributed by atoms with Crippen molar-refractivity contribution in [2.75, 3.05) is 25.2 Å². The fraction of sp³-hybridized carbons (Fsp3) is 0.250. The number of rotatable bonds is 10. The number of benzene rings is 3. The quantitative estimate of drug-likeness (QED) is 0.205. The van der Waals surface area contributed by atoms with E-state index >= 15 is 0 Å². The predicted molar refractivity (Wildman–Crippen MR) is 141 cm³/mol. The van der Waals surface area contributed by atoms with Crippen LogP contribution in [0.3, 0.4) is 0 Å². The predicted octanol–water partition coefficient (Wildman–Crippen LogP) is 4.42. The van der Waals surface area contributed by atoms with Crippen LogP contribution in [0, 0.1) is 5.82 Å². The molecule has 1 amide bonds. The average molecular weight is 596 g/mol. The molecule has 3 aromatic rings. The Kier molecular flexibility index (Phi) is 9.01. The second-order valence-corrected chi connectivity index (χ2v) is 9.35. The van der Waals surface area contributed by atoms with Crippen LogP contribution in [0.2, 0.25) is 5.02 Å². The highest BCUT2D eigenvalue weighted by atomic mass is 35.5. The van der Waals surface area contributed by atoms with E-state index in [4.69, 9.17) is 26.2 Å². The third-order valence-corrected chi connectivity index (χ3v) is 6.29. The van der Waals surface area contributed by atoms with Gasteiger partial charge in [0, 0.05) is 30.1 Å². The number of hydrogen-bond donors (Lipinski definition) is 2. The molecule has 0 unspecified atom stereocenters. The number of carboxylic acids is 1. The van der Waals surface area contributed by atoms with Crippen LogP contribution in [0.5, 0.6) is 17.2 Å². The van der Waals surface area contributed by atoms with Gasteiger partial charge in [-0.25, -0.2) is 4.39 Å². The van der Waals surface area contributed by atoms with E-state index in [9.17, 15) is 27.2 Å². The van der Waals surface area contributed by atoms with Crippen molar-refractivity contribution in [3.05, 3.63) is 76.6 Å². The zero-order valence-electron chi connectivity index (χ0n) is 21.6. The molecule has 1 aliphatic heterocycles. The van der Waals surface area contributed by atoms with Crippen molar-refractivity contribution in [1.29, 1.82) is 0 Å². The highest BCUT2D eigenvalue weighted by Crippen LogP contribution is 2.36. The first-order valence-corrected chi connectivity index (χ1v) is 12.6. The van der Waals surface area contributed by atoms with E-state index in [0.29, 0.717) is 33.3 Å². The summed E-state index contributed by atoms with van der Waals surface area (Å²) in [5, 5.41) is 9.25. The maximum Gasteiger partial charge on any atom is 0.573 e. The van der Waals surface area contributed by atoms with E-state index in [1.54, 1.807) is 42.5 Å². The zero-order chi connectivity index (χ0) is 29.7. The third kappa shape index (κ3) is 7.66. The van der Waals surface area contributed by atoms with Crippen molar-refractivity contribution in [2.45, 2.75) is 25.6 Å². The van der Waals surface area contributed by atoms with E-state index in [-0.39, 0.29) is 43.8 Å². The molecule has 216 valence electrons. The Labute approximate surface area is 236 Å². The number of anilines is 1. The molecule has 8 nitrogen and oxygen atoms in total. The molecule has 0 spiro atoms. The molecule has 0 radical (unpaired) electrons. The molecular formula is C28H24ClF4N2O6+. The monoisotopic (exact) mass is 595 g/mol. The maximum atomic E-state index is 14.3. The van der Waals surface area contributed by atoms with Gasteiger partial charge in [0.15, 0.2) is 11.6 Å². The van der Waals surface area contributed by atoms with Crippen molar-refractivity contribution >= 4 is 40.6 Å². The number of hydrogen-bond acceptors (Lipinski definition) is 5. The van der Waals surface area contributed by atoms with Crippen LogP contribution in [0.1, 0.15) is 24.0 Å². The summed E-state index contributed by atoms with van der Waals surface area (Å²) in [6.07, 6.45) is -4.71. The summed E-state index contributed by atoms with van der Waals surface area (Å²) in [7, 11) is 1.43. The molecule has 1 aliphatic rings. The van der Waals surface area contributed by atoms with Gasteiger partial charge in [0.1, 0.15) is 11.5 Å². The van der Waals surface area contributed by atoms with Gasteiger partial charge in [-0.3, -0.25) is 9.59 Å². The third-order valence-electron chi connectivity index (χ3n) is 6.04. The topological polar surface area (TPSA) is 99.3 Å². The number of ether oxygens (including phenoxy) is 3. The molecule has 0 atom stereocenters. The van der Waals surface area contributed by atoms with Gasteiger partial charge in [0.25, 0.3) is 5.71 Å². The van der Waals surface area contributed by atoms with Crippen molar-refractivity contribution in [1.82, 2.24) is 0 Å². The summed E-state index contributed by atoms with van der Waals surface area (Å²) in [6.45, 7) is 0.201. The Hall–Kier alpha value is -4.32. The summed E-state index contributed by atoms with van der Waals surface area (Å²) < 4.78 is 67.6. The maximum absolute atomic E-state index is 14.3. The highest BCUT2D eigenvalue weighted by Gasteiger charge is 2.36. The number of halogens is 5. The summed E-state index contributed by atoms with van der Waals surface area (Å²) in [6, 6.07) is 12.9. The second-order valence-electron chi connectivity index (χ2n) is 8.92. The first kappa shape index (κ1) is 29.7. The fourth-order valence-electron chi connectivity index (χ4n) is 4.21. The second kappa shape index (κ2) is 12.5. The molecule has 4 rings (SSSR count). The van der Waals surface area contributed by atoms with Gasteiger partial charge in [-0.1, -0.05) is 11.6 Å². The number of amides is 1. The smallest absolute Gasteiger partial charge is 0.496 e. The van der Waals surface area contributed by atoms with Crippen LogP contribution in [-0.2, 0) is 16.0 Å². The van der Waals surface area contributed by atoms with Crippen LogP contribution in [-0.4, -0.2) is 49.3 Å². The Morgan fingerprint density at radius 2 is 1.78 bits per heavy atom. The van der Waals surface area contributed by atoms with E-state index in [2.05, 4.69) is 9.73 Å². The first-order chi connectivity index (χ1) is 19.4. The van der Waals surface area contributed by atoms with Crippen molar-refractivity contribution in [2.24, 2.45) is 0 Å². The molecule has 3 aromatic carbocycles. The van der Waals surface area contributed by atoms with Gasteiger partial charge in [0.05, 0.1) is 37.1 Å². The normalized spacial score (nSPS) is 13.1. The molecule has 2 N–H and O–H groups in total. The first-order valence-electron chi connectivity index (χ1n) is 12.3. The average Bonchev–Trinajstić information content (AvgIpc) is 3.31. The standard InChI is InChI=1S/C28H23ClF4N2O6/c1-39-20-12-19(13-21(14-20)40-10-2-3-25(36)37)34-26(16-4-6-18(29)7-5-16)27(38)35-9-8-17-11-22(30)24(15-23(17)35)41-28(31,32)33/h4-7,11-15H,2-3,8-10H2,1H3,(H,36,37)/p+1. The molecule has 0 saturated carbocycles. The number of alkyl halides is 3. The van der Waals surface area contributed by atoms with Crippen LogP contribution < -0.4 is 24.1 Å². The van der Waals surface area contributed by atoms with Gasteiger partial charge in [0.2, 0.25) is 5.69 Å². The minimum Gasteiger partial charge on any atom is -0.496 e. The van der Waals surface area contributed by atoms with Gasteiger partial charge in [-0.05, 0) is 48.7 Å². The molecule has 0 saturated heterocycles. The molecule has 1 heterocycles. The summed E-state index contributed by atoms with van der Waals surface area (Å²) in [4.78, 5) is 29.0. The van der Waals surface area contributed by atoms with E-state index < -0.39 is 29.8 Å². The number of carboxylic acid groups (broad SMARTS) is 1. The van der Waals surface area contributed by atoms with Crippen LogP contribution >= 0.6 is 11.6 Å². The number of nitrogens with one attached hydrogen (secondary N) is 1. The van der Waals surface area contributed by atoms with Crippen LogP contribution in [0.4, 0.5) is 28.9 Å². The Morgan fingerprint density at radius 3 is 2.44 bits per heavy atom. The number of methoxy groups -OCH3 is 1. The lowest BCUT2D eigenvalue weighted by atomic mass is 10.1. The van der Waals surface area contributed by atoms with Crippen molar-refractivity contribution < 1.29 is 51.5 Å². The van der Waals surface area contributed by atoms with Gasteiger partial charge >= 0.3 is 18.2 Å². The van der Waals surface area contributed by atoms with E-state index in [1.165, 1.54) is 12.0 Å². The lowest BCUT2D eigenvalue weighted by Crippen LogP contribution is -2.70. The fourth-order valence-corrected chi connectivity index (χ4v) is 4.33. The Balaban J connectivity index is 1.73. The van der Waals surface area contributed by atoms with Gasteiger partial charge < -0.3 is 24.2 Å². The van der Waals surface area contributed by atoms with Crippen molar-refractivity contribution in [3.8, 4) is 17.2 Å². The lowest BCUT2D eigenvalue weighted by Gasteiger charge is -2.18. The molecule has 0 aliphatic carbocycles. The SMILES string of the molecule is COc1cc([NH+]=C(C(=O)N2CCc3cc(F)c(OC(F)(F)F)cc32)c2ccc(Cl)cc2)cc(OCCCC(=O)O)c1. The number of aliphatic carboxylic acids is 1. The molecular weight excluding hydrogens is 572 g/mol. The number of fused-ring (bicyclic) bond motifs is 1. The summed E-state index contributed by atoms with van der Waals surface area (Å²) in [5.74, 6) is -3.08. The minimum absolute atomic E-state index is 0.0437. The molecule has 41 heavy (non-hydrogen) atoms. The van der Waals surface area contributed by atoms with E-state index in [1.807, 2.05) is 0 Å².